The molecular formula is C6H10N2O5. The molecule has 5 N–H and O–H groups in total. The Bertz CT molecular complexity index is 231. The first kappa shape index (κ1) is 9.75. The minimum Gasteiger partial charge on any atom is -0.480 e. The maximum Gasteiger partial charge on any atom is 0.328 e. The van der Waals surface area contributed by atoms with Crippen LogP contribution < -0.4 is 10.6 Å². The fourth-order valence-electron chi connectivity index (χ4n) is 1.15. The molecule has 1 heterocycles. The van der Waals surface area contributed by atoms with Gasteiger partial charge in [0.05, 0.1) is 18.8 Å². The Balaban J connectivity index is 2.71. The summed E-state index contributed by atoms with van der Waals surface area (Å²) in [5.74, 6) is -1.25. The topological polar surface area (TPSA) is 119 Å². The minimum atomic E-state index is -1.28. The van der Waals surface area contributed by atoms with Crippen LogP contribution in [-0.4, -0.2) is 52.1 Å². The van der Waals surface area contributed by atoms with E-state index in [1.54, 1.807) is 0 Å². The number of aliphatic carboxylic acids is 1. The van der Waals surface area contributed by atoms with Gasteiger partial charge in [0, 0.05) is 0 Å². The summed E-state index contributed by atoms with van der Waals surface area (Å²) in [5, 5.41) is 30.6. The summed E-state index contributed by atoms with van der Waals surface area (Å²) < 4.78 is 0. The molecule has 0 aromatic carbocycles. The molecule has 0 unspecified atom stereocenters. The van der Waals surface area contributed by atoms with Crippen molar-refractivity contribution >= 4 is 12.0 Å². The van der Waals surface area contributed by atoms with E-state index in [2.05, 4.69) is 10.6 Å². The van der Waals surface area contributed by atoms with Crippen molar-refractivity contribution in [3.63, 3.8) is 0 Å². The van der Waals surface area contributed by atoms with Crippen LogP contribution in [0.2, 0.25) is 0 Å². The van der Waals surface area contributed by atoms with E-state index in [0.717, 1.165) is 0 Å². The predicted molar refractivity (Wildman–Crippen MR) is 40.0 cm³/mol. The molecule has 1 saturated heterocycles. The number of hydrogen-bond acceptors (Lipinski definition) is 4. The molecule has 0 aliphatic carbocycles. The van der Waals surface area contributed by atoms with Gasteiger partial charge >= 0.3 is 12.0 Å². The lowest BCUT2D eigenvalue weighted by molar-refractivity contribution is -0.140. The van der Waals surface area contributed by atoms with Crippen LogP contribution in [0, 0.1) is 0 Å². The number of urea groups is 1. The average Bonchev–Trinajstić information content (AvgIpc) is 2.46. The zero-order chi connectivity index (χ0) is 10.0. The molecule has 74 valence electrons. The van der Waals surface area contributed by atoms with Crippen molar-refractivity contribution in [3.8, 4) is 0 Å². The predicted octanol–water partition coefficient (Wildman–Crippen LogP) is -2.53. The Morgan fingerprint density at radius 3 is 2.62 bits per heavy atom. The van der Waals surface area contributed by atoms with Crippen molar-refractivity contribution in [2.75, 3.05) is 6.61 Å². The monoisotopic (exact) mass is 190 g/mol. The summed E-state index contributed by atoms with van der Waals surface area (Å²) in [5.41, 5.74) is 0. The van der Waals surface area contributed by atoms with E-state index in [1.165, 1.54) is 0 Å². The number of aliphatic hydroxyl groups is 2. The van der Waals surface area contributed by atoms with Crippen molar-refractivity contribution in [2.45, 2.75) is 18.2 Å². The molecule has 0 radical (unpaired) electrons. The molecule has 0 spiro atoms. The van der Waals surface area contributed by atoms with Gasteiger partial charge in [-0.1, -0.05) is 0 Å². The van der Waals surface area contributed by atoms with Crippen molar-refractivity contribution in [1.29, 1.82) is 0 Å². The number of carbonyl (C=O) groups excluding carboxylic acids is 1. The number of hydrogen-bond donors (Lipinski definition) is 5. The van der Waals surface area contributed by atoms with Crippen molar-refractivity contribution < 1.29 is 24.9 Å². The summed E-state index contributed by atoms with van der Waals surface area (Å²) in [4.78, 5) is 21.2. The van der Waals surface area contributed by atoms with E-state index in [0.29, 0.717) is 0 Å². The molecule has 1 aliphatic rings. The van der Waals surface area contributed by atoms with Crippen LogP contribution in [0.5, 0.6) is 0 Å². The first-order chi connectivity index (χ1) is 6.06. The van der Waals surface area contributed by atoms with Gasteiger partial charge in [-0.05, 0) is 0 Å². The summed E-state index contributed by atoms with van der Waals surface area (Å²) in [6.45, 7) is -0.601. The van der Waals surface area contributed by atoms with Crippen LogP contribution in [0.4, 0.5) is 4.79 Å². The van der Waals surface area contributed by atoms with Gasteiger partial charge in [-0.15, -0.1) is 0 Å². The largest absolute Gasteiger partial charge is 0.480 e. The van der Waals surface area contributed by atoms with E-state index >= 15 is 0 Å². The molecule has 0 bridgehead atoms. The first-order valence-electron chi connectivity index (χ1n) is 3.65. The van der Waals surface area contributed by atoms with Gasteiger partial charge < -0.3 is 26.0 Å². The fraction of sp³-hybridized carbons (Fsp3) is 0.667. The van der Waals surface area contributed by atoms with E-state index in [1.807, 2.05) is 0 Å². The third-order valence-corrected chi connectivity index (χ3v) is 1.81. The lowest BCUT2D eigenvalue weighted by atomic mass is 10.1. The Labute approximate surface area is 73.4 Å². The zero-order valence-electron chi connectivity index (χ0n) is 6.60. The second-order valence-electron chi connectivity index (χ2n) is 2.71. The van der Waals surface area contributed by atoms with Crippen molar-refractivity contribution in [1.82, 2.24) is 10.6 Å². The zero-order valence-corrected chi connectivity index (χ0v) is 6.60. The summed E-state index contributed by atoms with van der Waals surface area (Å²) in [7, 11) is 0. The lowest BCUT2D eigenvalue weighted by Crippen LogP contribution is -2.49. The van der Waals surface area contributed by atoms with Crippen LogP contribution in [0.25, 0.3) is 0 Å². The molecule has 0 aromatic heterocycles. The quantitative estimate of drug-likeness (QED) is 0.336. The first-order valence-corrected chi connectivity index (χ1v) is 3.65. The normalized spacial score (nSPS) is 29.2. The molecule has 0 saturated carbocycles. The van der Waals surface area contributed by atoms with Crippen molar-refractivity contribution in [3.05, 3.63) is 0 Å². The van der Waals surface area contributed by atoms with Gasteiger partial charge in [0.15, 0.2) is 6.04 Å². The van der Waals surface area contributed by atoms with Crippen LogP contribution in [0.15, 0.2) is 0 Å². The number of nitrogens with one attached hydrogen (secondary N) is 2. The lowest BCUT2D eigenvalue weighted by Gasteiger charge is -2.18. The highest BCUT2D eigenvalue weighted by atomic mass is 16.4. The number of carboxylic acids is 1. The minimum absolute atomic E-state index is 0.601. The molecule has 1 aliphatic heterocycles. The molecule has 0 aromatic rings. The van der Waals surface area contributed by atoms with E-state index in [-0.39, 0.29) is 0 Å². The summed E-state index contributed by atoms with van der Waals surface area (Å²) in [6.07, 6.45) is -1.28. The van der Waals surface area contributed by atoms with E-state index in [9.17, 15) is 9.59 Å². The molecule has 7 heteroatoms. The van der Waals surface area contributed by atoms with Gasteiger partial charge in [-0.3, -0.25) is 0 Å². The van der Waals surface area contributed by atoms with E-state index in [4.69, 9.17) is 15.3 Å². The number of amides is 2. The number of carboxylic acid groups (broad SMARTS) is 1. The van der Waals surface area contributed by atoms with Crippen LogP contribution >= 0.6 is 0 Å². The Morgan fingerprint density at radius 2 is 2.15 bits per heavy atom. The third-order valence-electron chi connectivity index (χ3n) is 1.81. The fourth-order valence-corrected chi connectivity index (χ4v) is 1.15. The highest BCUT2D eigenvalue weighted by Gasteiger charge is 2.40. The Kier molecular flexibility index (Phi) is 2.69. The Morgan fingerprint density at radius 1 is 1.54 bits per heavy atom. The number of aliphatic hydroxyl groups excluding tert-OH is 2. The highest BCUT2D eigenvalue weighted by Crippen LogP contribution is 2.06. The maximum atomic E-state index is 10.7. The maximum absolute atomic E-state index is 10.7. The molecule has 7 nitrogen and oxygen atoms in total. The standard InChI is InChI=1S/C6H10N2O5/c9-1-2(10)3-4(5(11)12)8-6(13)7-3/h2-4,9-10H,1H2,(H,11,12)(H2,7,8,13)/t2-,3+,4-/m0/s1. The van der Waals surface area contributed by atoms with Crippen LogP contribution in [-0.2, 0) is 4.79 Å². The average molecular weight is 190 g/mol. The SMILES string of the molecule is O=C1N[C@H]([C@@H](O)CO)[C@@H](C(=O)O)N1. The van der Waals surface area contributed by atoms with Gasteiger partial charge in [-0.25, -0.2) is 9.59 Å². The smallest absolute Gasteiger partial charge is 0.328 e. The van der Waals surface area contributed by atoms with Crippen LogP contribution in [0.3, 0.4) is 0 Å². The summed E-state index contributed by atoms with van der Waals surface area (Å²) >= 11 is 0. The van der Waals surface area contributed by atoms with Crippen LogP contribution in [0.1, 0.15) is 0 Å². The molecular weight excluding hydrogens is 180 g/mol. The molecule has 1 fully saturated rings. The third kappa shape index (κ3) is 1.87. The molecule has 2 amide bonds. The number of carbonyl (C=O) groups is 2. The number of rotatable bonds is 3. The Hall–Kier alpha value is -1.34. The highest BCUT2D eigenvalue weighted by molar-refractivity contribution is 5.87. The van der Waals surface area contributed by atoms with Crippen molar-refractivity contribution in [2.24, 2.45) is 0 Å². The van der Waals surface area contributed by atoms with Gasteiger partial charge in [0.1, 0.15) is 0 Å². The van der Waals surface area contributed by atoms with E-state index < -0.39 is 36.8 Å². The van der Waals surface area contributed by atoms with Gasteiger partial charge in [0.2, 0.25) is 0 Å². The second kappa shape index (κ2) is 3.58. The van der Waals surface area contributed by atoms with Gasteiger partial charge in [-0.2, -0.15) is 0 Å². The molecule has 1 rings (SSSR count). The van der Waals surface area contributed by atoms with Gasteiger partial charge in [0.25, 0.3) is 0 Å². The second-order valence-corrected chi connectivity index (χ2v) is 2.71. The molecule has 13 heavy (non-hydrogen) atoms. The summed E-state index contributed by atoms with van der Waals surface area (Å²) in [6, 6.07) is -2.85. The molecule has 3 atom stereocenters.